The number of aryl methyl sites for hydroxylation is 1. The second kappa shape index (κ2) is 5.58. The predicted molar refractivity (Wildman–Crippen MR) is 89.7 cm³/mol. The van der Waals surface area contributed by atoms with Crippen LogP contribution in [-0.4, -0.2) is 16.0 Å². The van der Waals surface area contributed by atoms with Crippen molar-refractivity contribution < 1.29 is 0 Å². The highest BCUT2D eigenvalue weighted by Crippen LogP contribution is 2.46. The van der Waals surface area contributed by atoms with E-state index < -0.39 is 0 Å². The van der Waals surface area contributed by atoms with E-state index in [0.29, 0.717) is 22.8 Å². The van der Waals surface area contributed by atoms with Crippen LogP contribution in [0.5, 0.6) is 0 Å². The van der Waals surface area contributed by atoms with Gasteiger partial charge in [-0.25, -0.2) is 9.97 Å². The summed E-state index contributed by atoms with van der Waals surface area (Å²) in [6.45, 7) is 15.9. The van der Waals surface area contributed by atoms with Crippen molar-refractivity contribution in [1.82, 2.24) is 9.97 Å². The average Bonchev–Trinajstić information content (AvgIpc) is 2.22. The third kappa shape index (κ3) is 4.42. The van der Waals surface area contributed by atoms with Crippen LogP contribution in [0.1, 0.15) is 78.2 Å². The van der Waals surface area contributed by atoms with Crippen molar-refractivity contribution in [3.8, 4) is 0 Å². The van der Waals surface area contributed by atoms with E-state index in [0.717, 1.165) is 17.3 Å². The number of nitrogens with zero attached hydrogens (tertiary/aromatic N) is 2. The molecule has 21 heavy (non-hydrogen) atoms. The molecular formula is C18H31N3. The maximum absolute atomic E-state index is 4.70. The number of hydrogen-bond donors (Lipinski definition) is 1. The first-order valence-corrected chi connectivity index (χ1v) is 8.18. The summed E-state index contributed by atoms with van der Waals surface area (Å²) in [7, 11) is 0. The highest BCUT2D eigenvalue weighted by atomic mass is 15.1. The highest BCUT2D eigenvalue weighted by Gasteiger charge is 2.38. The molecule has 0 atom stereocenters. The molecule has 1 aromatic rings. The van der Waals surface area contributed by atoms with E-state index in [4.69, 9.17) is 4.98 Å². The van der Waals surface area contributed by atoms with E-state index in [1.54, 1.807) is 0 Å². The molecule has 3 heteroatoms. The summed E-state index contributed by atoms with van der Waals surface area (Å²) >= 11 is 0. The van der Waals surface area contributed by atoms with Gasteiger partial charge in [0, 0.05) is 23.7 Å². The molecular weight excluding hydrogens is 258 g/mol. The monoisotopic (exact) mass is 289 g/mol. The number of rotatable bonds is 3. The van der Waals surface area contributed by atoms with Crippen molar-refractivity contribution in [2.75, 3.05) is 5.32 Å². The second-order valence-electron chi connectivity index (χ2n) is 8.66. The lowest BCUT2D eigenvalue weighted by Crippen LogP contribution is -2.40. The minimum atomic E-state index is 0.365. The van der Waals surface area contributed by atoms with Gasteiger partial charge in [0.15, 0.2) is 0 Å². The molecule has 1 N–H and O–H groups in total. The normalized spacial score (nSPS) is 21.5. The molecule has 1 aliphatic rings. The fourth-order valence-electron chi connectivity index (χ4n) is 4.08. The minimum absolute atomic E-state index is 0.365. The summed E-state index contributed by atoms with van der Waals surface area (Å²) in [6, 6.07) is 2.57. The van der Waals surface area contributed by atoms with Gasteiger partial charge in [0.2, 0.25) is 0 Å². The van der Waals surface area contributed by atoms with Gasteiger partial charge in [-0.2, -0.15) is 0 Å². The summed E-state index contributed by atoms with van der Waals surface area (Å²) in [5, 5.41) is 3.68. The van der Waals surface area contributed by atoms with Crippen LogP contribution >= 0.6 is 0 Å². The van der Waals surface area contributed by atoms with E-state index in [2.05, 4.69) is 57.9 Å². The summed E-state index contributed by atoms with van der Waals surface area (Å²) in [4.78, 5) is 9.23. The zero-order valence-corrected chi connectivity index (χ0v) is 14.7. The Morgan fingerprint density at radius 3 is 2.19 bits per heavy atom. The summed E-state index contributed by atoms with van der Waals surface area (Å²) in [6.07, 6.45) is 3.70. The van der Waals surface area contributed by atoms with Gasteiger partial charge in [-0.3, -0.25) is 0 Å². The molecule has 0 unspecified atom stereocenters. The van der Waals surface area contributed by atoms with Crippen molar-refractivity contribution in [2.24, 2.45) is 10.8 Å². The molecule has 0 aliphatic heterocycles. The zero-order valence-electron chi connectivity index (χ0n) is 14.7. The molecule has 1 saturated carbocycles. The molecule has 3 nitrogen and oxygen atoms in total. The van der Waals surface area contributed by atoms with Crippen LogP contribution in [0.15, 0.2) is 6.07 Å². The average molecular weight is 289 g/mol. The topological polar surface area (TPSA) is 37.8 Å². The lowest BCUT2D eigenvalue weighted by atomic mass is 9.63. The summed E-state index contributed by atoms with van der Waals surface area (Å²) in [5.41, 5.74) is 1.83. The van der Waals surface area contributed by atoms with Crippen LogP contribution in [0.3, 0.4) is 0 Å². The highest BCUT2D eigenvalue weighted by molar-refractivity contribution is 5.37. The smallest absolute Gasteiger partial charge is 0.133 e. The molecule has 1 fully saturated rings. The lowest BCUT2D eigenvalue weighted by molar-refractivity contribution is 0.105. The standard InChI is InChI=1S/C18H31N3/c1-12(2)16-19-13(3)8-15(21-16)20-14-9-17(4,5)11-18(6,7)10-14/h8,12,14H,9-11H2,1-7H3,(H,19,20,21). The number of anilines is 1. The van der Waals surface area contributed by atoms with Gasteiger partial charge in [-0.15, -0.1) is 0 Å². The molecule has 1 aliphatic carbocycles. The molecule has 118 valence electrons. The summed E-state index contributed by atoms with van der Waals surface area (Å²) < 4.78 is 0. The Kier molecular flexibility index (Phi) is 4.32. The first-order chi connectivity index (χ1) is 9.56. The molecule has 0 spiro atoms. The van der Waals surface area contributed by atoms with Gasteiger partial charge in [-0.05, 0) is 37.0 Å². The lowest BCUT2D eigenvalue weighted by Gasteiger charge is -2.45. The van der Waals surface area contributed by atoms with Crippen LogP contribution in [-0.2, 0) is 0 Å². The maximum Gasteiger partial charge on any atom is 0.133 e. The van der Waals surface area contributed by atoms with Gasteiger partial charge in [0.25, 0.3) is 0 Å². The third-order valence-electron chi connectivity index (χ3n) is 4.29. The Balaban J connectivity index is 2.18. The fraction of sp³-hybridized carbons (Fsp3) is 0.778. The molecule has 0 aromatic carbocycles. The van der Waals surface area contributed by atoms with Gasteiger partial charge in [0.1, 0.15) is 11.6 Å². The predicted octanol–water partition coefficient (Wildman–Crippen LogP) is 4.93. The Morgan fingerprint density at radius 2 is 1.67 bits per heavy atom. The quantitative estimate of drug-likeness (QED) is 0.857. The van der Waals surface area contributed by atoms with Gasteiger partial charge < -0.3 is 5.32 Å². The largest absolute Gasteiger partial charge is 0.367 e. The van der Waals surface area contributed by atoms with Gasteiger partial charge in [0.05, 0.1) is 0 Å². The van der Waals surface area contributed by atoms with Gasteiger partial charge in [-0.1, -0.05) is 41.5 Å². The van der Waals surface area contributed by atoms with Gasteiger partial charge >= 0.3 is 0 Å². The Bertz CT molecular complexity index is 487. The molecule has 0 saturated heterocycles. The van der Waals surface area contributed by atoms with Crippen molar-refractivity contribution in [1.29, 1.82) is 0 Å². The third-order valence-corrected chi connectivity index (χ3v) is 4.29. The Labute approximate surface area is 130 Å². The first kappa shape index (κ1) is 16.3. The number of aromatic nitrogens is 2. The maximum atomic E-state index is 4.70. The molecule has 0 bridgehead atoms. The summed E-state index contributed by atoms with van der Waals surface area (Å²) in [5.74, 6) is 2.29. The molecule has 1 heterocycles. The second-order valence-corrected chi connectivity index (χ2v) is 8.66. The van der Waals surface area contributed by atoms with Crippen molar-refractivity contribution in [2.45, 2.75) is 79.7 Å². The number of hydrogen-bond acceptors (Lipinski definition) is 3. The van der Waals surface area contributed by atoms with Crippen LogP contribution < -0.4 is 5.32 Å². The van der Waals surface area contributed by atoms with E-state index >= 15 is 0 Å². The molecule has 2 rings (SSSR count). The minimum Gasteiger partial charge on any atom is -0.367 e. The molecule has 1 aromatic heterocycles. The molecule has 0 amide bonds. The van der Waals surface area contributed by atoms with E-state index in [1.165, 1.54) is 19.3 Å². The van der Waals surface area contributed by atoms with E-state index in [9.17, 15) is 0 Å². The molecule has 0 radical (unpaired) electrons. The van der Waals surface area contributed by atoms with Crippen LogP contribution in [0.25, 0.3) is 0 Å². The van der Waals surface area contributed by atoms with Crippen molar-refractivity contribution >= 4 is 5.82 Å². The van der Waals surface area contributed by atoms with E-state index in [1.807, 2.05) is 6.92 Å². The van der Waals surface area contributed by atoms with E-state index in [-0.39, 0.29) is 0 Å². The number of nitrogens with one attached hydrogen (secondary N) is 1. The Morgan fingerprint density at radius 1 is 1.10 bits per heavy atom. The van der Waals surface area contributed by atoms with Crippen LogP contribution in [0.2, 0.25) is 0 Å². The van der Waals surface area contributed by atoms with Crippen LogP contribution in [0, 0.1) is 17.8 Å². The zero-order chi connectivity index (χ0) is 15.8. The first-order valence-electron chi connectivity index (χ1n) is 8.18. The van der Waals surface area contributed by atoms with Crippen LogP contribution in [0.4, 0.5) is 5.82 Å². The Hall–Kier alpha value is -1.12. The van der Waals surface area contributed by atoms with Crippen molar-refractivity contribution in [3.63, 3.8) is 0 Å². The fourth-order valence-corrected chi connectivity index (χ4v) is 4.08. The van der Waals surface area contributed by atoms with Crippen molar-refractivity contribution in [3.05, 3.63) is 17.6 Å². The SMILES string of the molecule is Cc1cc(NC2CC(C)(C)CC(C)(C)C2)nc(C(C)C)n1.